The molecule has 0 fully saturated rings. The van der Waals surface area contributed by atoms with E-state index in [1.165, 1.54) is 16.2 Å². The first-order valence-electron chi connectivity index (χ1n) is 21.0. The van der Waals surface area contributed by atoms with E-state index in [0.717, 1.165) is 116 Å². The molecule has 14 aromatic rings. The molecule has 4 aromatic heterocycles. The molecule has 0 unspecified atom stereocenters. The van der Waals surface area contributed by atoms with Crippen LogP contribution in [0.25, 0.3) is 132 Å². The Balaban J connectivity index is 1.10. The van der Waals surface area contributed by atoms with Gasteiger partial charge in [-0.1, -0.05) is 164 Å². The molecule has 0 saturated carbocycles. The molecular formula is C56H32N6. The summed E-state index contributed by atoms with van der Waals surface area (Å²) in [6, 6.07) is 66.7. The average Bonchev–Trinajstić information content (AvgIpc) is 3.85. The minimum Gasteiger partial charge on any atom is -0.292 e. The molecule has 0 aliphatic rings. The summed E-state index contributed by atoms with van der Waals surface area (Å²) >= 11 is 0. The lowest BCUT2D eigenvalue weighted by atomic mass is 9.99. The number of nitrogens with zero attached hydrogens (tertiary/aromatic N) is 6. The van der Waals surface area contributed by atoms with Gasteiger partial charge in [-0.2, -0.15) is 0 Å². The highest BCUT2D eigenvalue weighted by Gasteiger charge is 2.24. The third kappa shape index (κ3) is 4.52. The molecule has 0 spiro atoms. The van der Waals surface area contributed by atoms with Gasteiger partial charge in [0.15, 0.2) is 11.6 Å². The second-order valence-corrected chi connectivity index (χ2v) is 16.2. The zero-order valence-corrected chi connectivity index (χ0v) is 33.2. The lowest BCUT2D eigenvalue weighted by Crippen LogP contribution is -2.04. The lowest BCUT2D eigenvalue weighted by Gasteiger charge is -2.16. The van der Waals surface area contributed by atoms with Gasteiger partial charge in [0.2, 0.25) is 0 Å². The Morgan fingerprint density at radius 1 is 0.290 bits per heavy atom. The topological polar surface area (TPSA) is 61.4 Å². The van der Waals surface area contributed by atoms with Crippen LogP contribution in [0.5, 0.6) is 0 Å². The lowest BCUT2D eigenvalue weighted by molar-refractivity contribution is 1.08. The molecule has 62 heavy (non-hydrogen) atoms. The number of hydrogen-bond donors (Lipinski definition) is 0. The summed E-state index contributed by atoms with van der Waals surface area (Å²) < 4.78 is 4.62. The van der Waals surface area contributed by atoms with Gasteiger partial charge < -0.3 is 0 Å². The minimum absolute atomic E-state index is 0.776. The number of aromatic nitrogens is 6. The van der Waals surface area contributed by atoms with E-state index in [9.17, 15) is 0 Å². The van der Waals surface area contributed by atoms with Crippen LogP contribution in [0.4, 0.5) is 0 Å². The molecule has 0 amide bonds. The predicted molar refractivity (Wildman–Crippen MR) is 257 cm³/mol. The first-order valence-corrected chi connectivity index (χ1v) is 21.0. The van der Waals surface area contributed by atoms with Gasteiger partial charge in [0, 0.05) is 48.7 Å². The molecule has 0 aliphatic heterocycles. The number of benzene rings is 10. The smallest absolute Gasteiger partial charge is 0.165 e. The van der Waals surface area contributed by atoms with Gasteiger partial charge in [-0.25, -0.2) is 15.0 Å². The fraction of sp³-hybridized carbons (Fsp3) is 0. The van der Waals surface area contributed by atoms with Crippen molar-refractivity contribution in [2.75, 3.05) is 0 Å². The van der Waals surface area contributed by atoms with Crippen LogP contribution >= 0.6 is 0 Å². The highest BCUT2D eigenvalue weighted by molar-refractivity contribution is 6.25. The molecule has 0 atom stereocenters. The van der Waals surface area contributed by atoms with Crippen molar-refractivity contribution in [2.24, 2.45) is 0 Å². The summed E-state index contributed by atoms with van der Waals surface area (Å²) in [6.07, 6.45) is 1.94. The number of para-hydroxylation sites is 2. The molecule has 6 heteroatoms. The maximum absolute atomic E-state index is 5.72. The van der Waals surface area contributed by atoms with Gasteiger partial charge in [-0.3, -0.25) is 14.1 Å². The highest BCUT2D eigenvalue weighted by Crippen LogP contribution is 2.43. The SMILES string of the molecule is c1ccc(-c2nc3c4ccccc4c4ccccc4c3nc2-n2c3ccccc3c3cc4c(cc32)c2ccccc2n4-c2cnc3c4ccccc4c4ccccc4c3n2)cc1. The van der Waals surface area contributed by atoms with Crippen LogP contribution in [-0.2, 0) is 0 Å². The predicted octanol–water partition coefficient (Wildman–Crippen LogP) is 14.0. The summed E-state index contributed by atoms with van der Waals surface area (Å²) in [6.45, 7) is 0. The maximum Gasteiger partial charge on any atom is 0.165 e. The summed E-state index contributed by atoms with van der Waals surface area (Å²) in [5, 5.41) is 13.6. The van der Waals surface area contributed by atoms with Crippen molar-refractivity contribution in [2.45, 2.75) is 0 Å². The Hall–Kier alpha value is -8.48. The standard InChI is InChI=1S/C56H32N6/c1-2-16-33(17-3-1)51-56(60-55-43-27-11-7-21-37(43)36-20-6-10-26-42(36)54(55)59-51)62-47-29-15-13-23-39(47)45-30-48-44(31-49(45)62)38-22-12-14-28-46(38)61(48)50-32-57-52-40-24-8-4-18-34(40)35-19-5-9-25-41(35)53(52)58-50/h1-32H. The van der Waals surface area contributed by atoms with Crippen LogP contribution in [0.15, 0.2) is 194 Å². The van der Waals surface area contributed by atoms with E-state index < -0.39 is 0 Å². The highest BCUT2D eigenvalue weighted by atomic mass is 15.1. The zero-order valence-electron chi connectivity index (χ0n) is 33.2. The van der Waals surface area contributed by atoms with Crippen LogP contribution < -0.4 is 0 Å². The Labute approximate surface area is 353 Å². The van der Waals surface area contributed by atoms with Crippen molar-refractivity contribution in [1.29, 1.82) is 0 Å². The molecule has 4 heterocycles. The van der Waals surface area contributed by atoms with Gasteiger partial charge in [-0.05, 0) is 45.8 Å². The van der Waals surface area contributed by atoms with Crippen molar-refractivity contribution in [3.05, 3.63) is 194 Å². The van der Waals surface area contributed by atoms with E-state index in [1.807, 2.05) is 6.20 Å². The second kappa shape index (κ2) is 12.5. The Morgan fingerprint density at radius 2 is 0.694 bits per heavy atom. The molecule has 6 nitrogen and oxygen atoms in total. The molecule has 0 aliphatic carbocycles. The minimum atomic E-state index is 0.776. The molecule has 0 N–H and O–H groups in total. The van der Waals surface area contributed by atoms with Crippen LogP contribution in [0.3, 0.4) is 0 Å². The van der Waals surface area contributed by atoms with Gasteiger partial charge in [0.25, 0.3) is 0 Å². The van der Waals surface area contributed by atoms with E-state index in [-0.39, 0.29) is 0 Å². The monoisotopic (exact) mass is 788 g/mol. The van der Waals surface area contributed by atoms with Crippen LogP contribution in [0.1, 0.15) is 0 Å². The average molecular weight is 789 g/mol. The van der Waals surface area contributed by atoms with Crippen LogP contribution in [-0.4, -0.2) is 29.1 Å². The summed E-state index contributed by atoms with van der Waals surface area (Å²) in [7, 11) is 0. The fourth-order valence-corrected chi connectivity index (χ4v) is 10.2. The molecule has 14 rings (SSSR count). The molecule has 286 valence electrons. The molecule has 0 bridgehead atoms. The Kier molecular flexibility index (Phi) is 6.74. The first-order chi connectivity index (χ1) is 30.8. The summed E-state index contributed by atoms with van der Waals surface area (Å²) in [5.41, 5.74) is 9.65. The third-order valence-corrected chi connectivity index (χ3v) is 12.9. The van der Waals surface area contributed by atoms with Gasteiger partial charge in [0.05, 0.1) is 50.3 Å². The quantitative estimate of drug-likeness (QED) is 0.167. The summed E-state index contributed by atoms with van der Waals surface area (Å²) in [5.74, 6) is 1.57. The number of rotatable bonds is 3. The van der Waals surface area contributed by atoms with Gasteiger partial charge in [-0.15, -0.1) is 0 Å². The van der Waals surface area contributed by atoms with E-state index in [1.54, 1.807) is 0 Å². The molecule has 0 saturated heterocycles. The largest absolute Gasteiger partial charge is 0.292 e. The van der Waals surface area contributed by atoms with Crippen molar-refractivity contribution in [1.82, 2.24) is 29.1 Å². The van der Waals surface area contributed by atoms with Crippen molar-refractivity contribution in [3.8, 4) is 22.9 Å². The third-order valence-electron chi connectivity index (χ3n) is 12.9. The Bertz CT molecular complexity index is 4190. The van der Waals surface area contributed by atoms with Gasteiger partial charge in [0.1, 0.15) is 5.69 Å². The van der Waals surface area contributed by atoms with Gasteiger partial charge >= 0.3 is 0 Å². The second-order valence-electron chi connectivity index (χ2n) is 16.2. The first kappa shape index (κ1) is 33.4. The van der Waals surface area contributed by atoms with Crippen molar-refractivity contribution < 1.29 is 0 Å². The number of hydrogen-bond acceptors (Lipinski definition) is 4. The van der Waals surface area contributed by atoms with Crippen LogP contribution in [0.2, 0.25) is 0 Å². The van der Waals surface area contributed by atoms with E-state index in [2.05, 4.69) is 197 Å². The maximum atomic E-state index is 5.72. The fourth-order valence-electron chi connectivity index (χ4n) is 10.2. The zero-order chi connectivity index (χ0) is 40.5. The Morgan fingerprint density at radius 3 is 1.24 bits per heavy atom. The van der Waals surface area contributed by atoms with Crippen LogP contribution in [0, 0.1) is 0 Å². The number of fused-ring (bicyclic) bond motifs is 18. The molecule has 0 radical (unpaired) electrons. The van der Waals surface area contributed by atoms with E-state index in [0.29, 0.717) is 0 Å². The van der Waals surface area contributed by atoms with Crippen molar-refractivity contribution >= 4 is 109 Å². The van der Waals surface area contributed by atoms with Crippen molar-refractivity contribution in [3.63, 3.8) is 0 Å². The summed E-state index contributed by atoms with van der Waals surface area (Å²) in [4.78, 5) is 22.0. The van der Waals surface area contributed by atoms with E-state index in [4.69, 9.17) is 19.9 Å². The normalized spacial score (nSPS) is 12.2. The van der Waals surface area contributed by atoms with E-state index >= 15 is 0 Å². The molecular weight excluding hydrogens is 757 g/mol. The molecule has 10 aromatic carbocycles.